The fourth-order valence-corrected chi connectivity index (χ4v) is 2.27. The van der Waals surface area contributed by atoms with Gasteiger partial charge in [-0.2, -0.15) is 0 Å². The van der Waals surface area contributed by atoms with Crippen LogP contribution in [0.5, 0.6) is 5.75 Å². The van der Waals surface area contributed by atoms with Crippen LogP contribution in [-0.4, -0.2) is 37.4 Å². The third-order valence-corrected chi connectivity index (χ3v) is 3.47. The summed E-state index contributed by atoms with van der Waals surface area (Å²) in [5.74, 6) is -0.373. The molecule has 5 heteroatoms. The average Bonchev–Trinajstić information content (AvgIpc) is 2.27. The average molecular weight is 251 g/mol. The lowest BCUT2D eigenvalue weighted by molar-refractivity contribution is -0.148. The van der Waals surface area contributed by atoms with E-state index >= 15 is 0 Å². The Kier molecular flexibility index (Phi) is 3.28. The number of rotatable bonds is 4. The van der Waals surface area contributed by atoms with Crippen molar-refractivity contribution in [2.24, 2.45) is 5.73 Å². The third-order valence-electron chi connectivity index (χ3n) is 3.47. The third kappa shape index (κ3) is 1.85. The highest BCUT2D eigenvalue weighted by molar-refractivity contribution is 5.76. The van der Waals surface area contributed by atoms with Crippen LogP contribution in [0, 0.1) is 6.92 Å². The van der Waals surface area contributed by atoms with Gasteiger partial charge in [-0.25, -0.2) is 0 Å². The molecule has 18 heavy (non-hydrogen) atoms. The van der Waals surface area contributed by atoms with Crippen LogP contribution in [0.2, 0.25) is 0 Å². The Morgan fingerprint density at radius 1 is 1.56 bits per heavy atom. The molecule has 0 aliphatic carbocycles. The van der Waals surface area contributed by atoms with E-state index in [9.17, 15) is 4.79 Å². The van der Waals surface area contributed by atoms with Crippen LogP contribution >= 0.6 is 0 Å². The molecule has 0 saturated carbocycles. The van der Waals surface area contributed by atoms with Crippen molar-refractivity contribution < 1.29 is 19.4 Å². The van der Waals surface area contributed by atoms with Gasteiger partial charge >= 0.3 is 5.97 Å². The molecule has 0 bridgehead atoms. The first-order valence-electron chi connectivity index (χ1n) is 5.72. The van der Waals surface area contributed by atoms with E-state index in [4.69, 9.17) is 20.3 Å². The molecule has 1 fully saturated rings. The van der Waals surface area contributed by atoms with Gasteiger partial charge in [0.25, 0.3) is 0 Å². The minimum absolute atomic E-state index is 0.306. The molecule has 0 spiro atoms. The van der Waals surface area contributed by atoms with Gasteiger partial charge in [0.15, 0.2) is 0 Å². The number of aryl methyl sites for hydroxylation is 1. The molecular formula is C13H17NO4. The number of hydrogen-bond donors (Lipinski definition) is 2. The molecule has 0 amide bonds. The van der Waals surface area contributed by atoms with E-state index in [2.05, 4.69) is 0 Å². The molecule has 3 N–H and O–H groups in total. The summed E-state index contributed by atoms with van der Waals surface area (Å²) in [7, 11) is 1.56. The molecule has 1 aromatic rings. The lowest BCUT2D eigenvalue weighted by Crippen LogP contribution is -2.61. The number of aliphatic carboxylic acids is 1. The van der Waals surface area contributed by atoms with Crippen molar-refractivity contribution in [2.45, 2.75) is 18.4 Å². The van der Waals surface area contributed by atoms with Crippen LogP contribution in [0.3, 0.4) is 0 Å². The summed E-state index contributed by atoms with van der Waals surface area (Å²) in [6.07, 6.45) is 0. The van der Waals surface area contributed by atoms with Gasteiger partial charge < -0.3 is 20.3 Å². The number of methoxy groups -OCH3 is 1. The SMILES string of the molecule is COc1ccc(C)cc1C1(C(N)C(=O)O)COC1. The van der Waals surface area contributed by atoms with E-state index in [0.29, 0.717) is 19.0 Å². The zero-order valence-electron chi connectivity index (χ0n) is 10.5. The van der Waals surface area contributed by atoms with Crippen LogP contribution in [-0.2, 0) is 14.9 Å². The molecule has 5 nitrogen and oxygen atoms in total. The van der Waals surface area contributed by atoms with E-state index < -0.39 is 17.4 Å². The fraction of sp³-hybridized carbons (Fsp3) is 0.462. The van der Waals surface area contributed by atoms with Gasteiger partial charge in [-0.1, -0.05) is 17.7 Å². The minimum Gasteiger partial charge on any atom is -0.496 e. The summed E-state index contributed by atoms with van der Waals surface area (Å²) in [5.41, 5.74) is 6.98. The summed E-state index contributed by atoms with van der Waals surface area (Å²) in [4.78, 5) is 11.2. The summed E-state index contributed by atoms with van der Waals surface area (Å²) in [6, 6.07) is 4.67. The van der Waals surface area contributed by atoms with Crippen molar-refractivity contribution in [3.63, 3.8) is 0 Å². The van der Waals surface area contributed by atoms with Gasteiger partial charge in [-0.05, 0) is 13.0 Å². The number of benzene rings is 1. The van der Waals surface area contributed by atoms with E-state index in [0.717, 1.165) is 11.1 Å². The monoisotopic (exact) mass is 251 g/mol. The largest absolute Gasteiger partial charge is 0.496 e. The lowest BCUT2D eigenvalue weighted by atomic mass is 9.72. The van der Waals surface area contributed by atoms with Gasteiger partial charge in [0, 0.05) is 5.56 Å². The molecule has 1 aliphatic heterocycles. The highest BCUT2D eigenvalue weighted by Gasteiger charge is 2.50. The lowest BCUT2D eigenvalue weighted by Gasteiger charge is -2.44. The summed E-state index contributed by atoms with van der Waals surface area (Å²) in [5, 5.41) is 9.16. The van der Waals surface area contributed by atoms with Gasteiger partial charge in [-0.15, -0.1) is 0 Å². The first kappa shape index (κ1) is 12.9. The van der Waals surface area contributed by atoms with E-state index in [1.807, 2.05) is 25.1 Å². The number of carboxylic acid groups (broad SMARTS) is 1. The molecule has 1 atom stereocenters. The molecule has 0 aromatic heterocycles. The molecule has 1 aromatic carbocycles. The van der Waals surface area contributed by atoms with Crippen molar-refractivity contribution in [3.05, 3.63) is 29.3 Å². The predicted molar refractivity (Wildman–Crippen MR) is 65.8 cm³/mol. The van der Waals surface area contributed by atoms with Crippen LogP contribution in [0.1, 0.15) is 11.1 Å². The Morgan fingerprint density at radius 3 is 2.67 bits per heavy atom. The van der Waals surface area contributed by atoms with Gasteiger partial charge in [-0.3, -0.25) is 4.79 Å². The number of hydrogen-bond acceptors (Lipinski definition) is 4. The quantitative estimate of drug-likeness (QED) is 0.822. The normalized spacial score (nSPS) is 18.8. The van der Waals surface area contributed by atoms with Crippen LogP contribution < -0.4 is 10.5 Å². The van der Waals surface area contributed by atoms with Crippen molar-refractivity contribution in [1.82, 2.24) is 0 Å². The topological polar surface area (TPSA) is 81.8 Å². The first-order chi connectivity index (χ1) is 8.51. The smallest absolute Gasteiger partial charge is 0.321 e. The molecule has 1 heterocycles. The number of carbonyl (C=O) groups is 1. The number of carboxylic acids is 1. The minimum atomic E-state index is -1.03. The maximum absolute atomic E-state index is 11.2. The Bertz CT molecular complexity index is 468. The van der Waals surface area contributed by atoms with Crippen molar-refractivity contribution >= 4 is 5.97 Å². The summed E-state index contributed by atoms with van der Waals surface area (Å²) >= 11 is 0. The molecule has 1 aliphatic rings. The van der Waals surface area contributed by atoms with E-state index in [-0.39, 0.29) is 0 Å². The Morgan fingerprint density at radius 2 is 2.22 bits per heavy atom. The summed E-state index contributed by atoms with van der Waals surface area (Å²) in [6.45, 7) is 2.56. The van der Waals surface area contributed by atoms with Crippen molar-refractivity contribution in [2.75, 3.05) is 20.3 Å². The first-order valence-corrected chi connectivity index (χ1v) is 5.72. The van der Waals surface area contributed by atoms with Gasteiger partial charge in [0.05, 0.1) is 25.7 Å². The van der Waals surface area contributed by atoms with Crippen LogP contribution in [0.15, 0.2) is 18.2 Å². The zero-order chi connectivity index (χ0) is 13.3. The molecule has 98 valence electrons. The second-order valence-corrected chi connectivity index (χ2v) is 4.67. The summed E-state index contributed by atoms with van der Waals surface area (Å²) < 4.78 is 10.5. The zero-order valence-corrected chi connectivity index (χ0v) is 10.5. The molecule has 0 radical (unpaired) electrons. The van der Waals surface area contributed by atoms with E-state index in [1.165, 1.54) is 0 Å². The molecule has 1 unspecified atom stereocenters. The number of nitrogens with two attached hydrogens (primary N) is 1. The second-order valence-electron chi connectivity index (χ2n) is 4.67. The van der Waals surface area contributed by atoms with Gasteiger partial charge in [0.2, 0.25) is 0 Å². The van der Waals surface area contributed by atoms with Crippen LogP contribution in [0.4, 0.5) is 0 Å². The maximum Gasteiger partial charge on any atom is 0.321 e. The van der Waals surface area contributed by atoms with Crippen molar-refractivity contribution in [3.8, 4) is 5.75 Å². The highest BCUT2D eigenvalue weighted by Crippen LogP contribution is 2.40. The Balaban J connectivity index is 2.50. The second kappa shape index (κ2) is 4.59. The highest BCUT2D eigenvalue weighted by atomic mass is 16.5. The number of ether oxygens (including phenoxy) is 2. The molecule has 1 saturated heterocycles. The molecule has 2 rings (SSSR count). The van der Waals surface area contributed by atoms with Crippen molar-refractivity contribution in [1.29, 1.82) is 0 Å². The standard InChI is InChI=1S/C13H17NO4/c1-8-3-4-10(17-2)9(5-8)13(6-18-7-13)11(14)12(15)16/h3-5,11H,6-7,14H2,1-2H3,(H,15,16). The maximum atomic E-state index is 11.2. The van der Waals surface area contributed by atoms with Gasteiger partial charge in [0.1, 0.15) is 11.8 Å². The molecular weight excluding hydrogens is 234 g/mol. The van der Waals surface area contributed by atoms with E-state index in [1.54, 1.807) is 7.11 Å². The van der Waals surface area contributed by atoms with Crippen LogP contribution in [0.25, 0.3) is 0 Å². The Hall–Kier alpha value is -1.59. The predicted octanol–water partition coefficient (Wildman–Crippen LogP) is 0.684. The fourth-order valence-electron chi connectivity index (χ4n) is 2.27. The Labute approximate surface area is 106 Å².